The highest BCUT2D eigenvalue weighted by Gasteiger charge is 2.13. The van der Waals surface area contributed by atoms with Gasteiger partial charge in [-0.15, -0.1) is 0 Å². The van der Waals surface area contributed by atoms with Crippen molar-refractivity contribution in [2.45, 2.75) is 0 Å². The van der Waals surface area contributed by atoms with E-state index < -0.39 is 0 Å². The summed E-state index contributed by atoms with van der Waals surface area (Å²) in [6, 6.07) is 17.4. The number of halogens is 1. The van der Waals surface area contributed by atoms with Gasteiger partial charge in [-0.25, -0.2) is 4.98 Å². The number of amides is 1. The molecule has 1 amide bonds. The smallest absolute Gasteiger partial charge is 0.291 e. The van der Waals surface area contributed by atoms with E-state index >= 15 is 0 Å². The maximum absolute atomic E-state index is 12.4. The van der Waals surface area contributed by atoms with Crippen LogP contribution < -0.4 is 14.8 Å². The van der Waals surface area contributed by atoms with Crippen molar-refractivity contribution >= 4 is 34.2 Å². The zero-order valence-electron chi connectivity index (χ0n) is 14.8. The van der Waals surface area contributed by atoms with Crippen molar-refractivity contribution in [1.29, 1.82) is 0 Å². The highest BCUT2D eigenvalue weighted by molar-refractivity contribution is 6.31. The first kappa shape index (κ1) is 17.9. The minimum Gasteiger partial charge on any atom is -0.497 e. The van der Waals surface area contributed by atoms with Gasteiger partial charge in [0.1, 0.15) is 17.1 Å². The lowest BCUT2D eigenvalue weighted by Gasteiger charge is -2.07. The van der Waals surface area contributed by atoms with Gasteiger partial charge in [-0.3, -0.25) is 4.79 Å². The number of benzene rings is 2. The fourth-order valence-electron chi connectivity index (χ4n) is 2.62. The fourth-order valence-corrected chi connectivity index (χ4v) is 2.80. The SMILES string of the molecule is COc1cccc(Oc2ccc(NC(=O)c3cc4cc(Cl)ccc4o3)cn2)c1. The van der Waals surface area contributed by atoms with Crippen molar-refractivity contribution in [1.82, 2.24) is 4.98 Å². The first-order valence-corrected chi connectivity index (χ1v) is 8.77. The van der Waals surface area contributed by atoms with E-state index in [1.165, 1.54) is 6.20 Å². The summed E-state index contributed by atoms with van der Waals surface area (Å²) in [7, 11) is 1.59. The molecule has 2 aromatic heterocycles. The molecule has 4 rings (SSSR count). The van der Waals surface area contributed by atoms with E-state index in [1.807, 2.05) is 12.1 Å². The molecule has 2 heterocycles. The van der Waals surface area contributed by atoms with Gasteiger partial charge < -0.3 is 19.2 Å². The number of hydrogen-bond acceptors (Lipinski definition) is 5. The molecule has 1 N–H and O–H groups in total. The predicted octanol–water partition coefficient (Wildman–Crippen LogP) is 5.53. The second kappa shape index (κ2) is 7.62. The van der Waals surface area contributed by atoms with Crippen LogP contribution in [0, 0.1) is 0 Å². The molecule has 0 atom stereocenters. The van der Waals surface area contributed by atoms with Crippen LogP contribution in [0.3, 0.4) is 0 Å². The summed E-state index contributed by atoms with van der Waals surface area (Å²) in [4.78, 5) is 16.6. The van der Waals surface area contributed by atoms with Gasteiger partial charge >= 0.3 is 0 Å². The molecule has 0 aliphatic rings. The summed E-state index contributed by atoms with van der Waals surface area (Å²) < 4.78 is 16.4. The number of fused-ring (bicyclic) bond motifs is 1. The Kier molecular flexibility index (Phi) is 4.87. The lowest BCUT2D eigenvalue weighted by Crippen LogP contribution is -2.10. The number of nitrogens with zero attached hydrogens (tertiary/aromatic N) is 1. The summed E-state index contributed by atoms with van der Waals surface area (Å²) in [5, 5.41) is 4.08. The van der Waals surface area contributed by atoms with Gasteiger partial charge in [0, 0.05) is 22.5 Å². The van der Waals surface area contributed by atoms with Gasteiger partial charge in [0.2, 0.25) is 5.88 Å². The molecular weight excluding hydrogens is 380 g/mol. The third-order valence-electron chi connectivity index (χ3n) is 3.96. The van der Waals surface area contributed by atoms with Gasteiger partial charge in [-0.2, -0.15) is 0 Å². The van der Waals surface area contributed by atoms with E-state index in [0.717, 1.165) is 5.39 Å². The van der Waals surface area contributed by atoms with Crippen LogP contribution in [0.2, 0.25) is 5.02 Å². The molecule has 0 unspecified atom stereocenters. The summed E-state index contributed by atoms with van der Waals surface area (Å²) in [6.45, 7) is 0. The standard InChI is InChI=1S/C21H15ClN2O4/c1-26-16-3-2-4-17(11-16)27-20-8-6-15(12-23-20)24-21(25)19-10-13-9-14(22)5-7-18(13)28-19/h2-12H,1H3,(H,24,25). The molecule has 0 bridgehead atoms. The van der Waals surface area contributed by atoms with Crippen LogP contribution in [0.4, 0.5) is 5.69 Å². The second-order valence-corrected chi connectivity index (χ2v) is 6.35. The van der Waals surface area contributed by atoms with E-state index in [4.69, 9.17) is 25.5 Å². The molecule has 6 nitrogen and oxygen atoms in total. The second-order valence-electron chi connectivity index (χ2n) is 5.91. The largest absolute Gasteiger partial charge is 0.497 e. The van der Waals surface area contributed by atoms with Gasteiger partial charge in [0.25, 0.3) is 5.91 Å². The van der Waals surface area contributed by atoms with Crippen molar-refractivity contribution in [2.75, 3.05) is 12.4 Å². The Bertz CT molecular complexity index is 1140. The topological polar surface area (TPSA) is 73.6 Å². The maximum Gasteiger partial charge on any atom is 0.291 e. The fraction of sp³-hybridized carbons (Fsp3) is 0.0476. The summed E-state index contributed by atoms with van der Waals surface area (Å²) in [5.41, 5.74) is 1.11. The molecular formula is C21H15ClN2O4. The van der Waals surface area contributed by atoms with Crippen LogP contribution in [0.25, 0.3) is 11.0 Å². The molecule has 7 heteroatoms. The minimum atomic E-state index is -0.379. The van der Waals surface area contributed by atoms with Crippen LogP contribution in [-0.4, -0.2) is 18.0 Å². The molecule has 0 fully saturated rings. The Morgan fingerprint density at radius 1 is 1.07 bits per heavy atom. The first-order valence-electron chi connectivity index (χ1n) is 8.39. The molecule has 0 radical (unpaired) electrons. The Morgan fingerprint density at radius 3 is 2.71 bits per heavy atom. The van der Waals surface area contributed by atoms with E-state index in [1.54, 1.807) is 55.6 Å². The maximum atomic E-state index is 12.4. The number of rotatable bonds is 5. The Hall–Kier alpha value is -3.51. The Morgan fingerprint density at radius 2 is 1.93 bits per heavy atom. The van der Waals surface area contributed by atoms with Gasteiger partial charge in [-0.1, -0.05) is 17.7 Å². The van der Waals surface area contributed by atoms with Crippen LogP contribution >= 0.6 is 11.6 Å². The van der Waals surface area contributed by atoms with Gasteiger partial charge in [0.05, 0.1) is 19.0 Å². The number of methoxy groups -OCH3 is 1. The van der Waals surface area contributed by atoms with Crippen LogP contribution in [0.15, 0.2) is 71.3 Å². The van der Waals surface area contributed by atoms with Crippen LogP contribution in [-0.2, 0) is 0 Å². The quantitative estimate of drug-likeness (QED) is 0.481. The van der Waals surface area contributed by atoms with E-state index in [9.17, 15) is 4.79 Å². The number of aromatic nitrogens is 1. The molecule has 4 aromatic rings. The lowest BCUT2D eigenvalue weighted by molar-refractivity contribution is 0.0998. The van der Waals surface area contributed by atoms with E-state index in [2.05, 4.69) is 10.3 Å². The number of carbonyl (C=O) groups excluding carboxylic acids is 1. The molecule has 2 aromatic carbocycles. The van der Waals surface area contributed by atoms with Gasteiger partial charge in [0.15, 0.2) is 5.76 Å². The van der Waals surface area contributed by atoms with Crippen molar-refractivity contribution in [3.05, 3.63) is 77.6 Å². The number of anilines is 1. The first-order chi connectivity index (χ1) is 13.6. The van der Waals surface area contributed by atoms with Crippen molar-refractivity contribution in [3.8, 4) is 17.4 Å². The van der Waals surface area contributed by atoms with Gasteiger partial charge in [-0.05, 0) is 42.5 Å². The summed E-state index contributed by atoms with van der Waals surface area (Å²) in [6.07, 6.45) is 1.51. The predicted molar refractivity (Wildman–Crippen MR) is 106 cm³/mol. The normalized spacial score (nSPS) is 10.6. The Balaban J connectivity index is 1.45. The third-order valence-corrected chi connectivity index (χ3v) is 4.20. The number of hydrogen-bond donors (Lipinski definition) is 1. The van der Waals surface area contributed by atoms with Crippen molar-refractivity contribution in [2.24, 2.45) is 0 Å². The van der Waals surface area contributed by atoms with Crippen molar-refractivity contribution < 1.29 is 18.7 Å². The number of furan rings is 1. The molecule has 0 saturated heterocycles. The molecule has 140 valence electrons. The average molecular weight is 395 g/mol. The molecule has 28 heavy (non-hydrogen) atoms. The number of carbonyl (C=O) groups is 1. The number of ether oxygens (including phenoxy) is 2. The molecule has 0 aliphatic carbocycles. The average Bonchev–Trinajstić information content (AvgIpc) is 3.13. The van der Waals surface area contributed by atoms with Crippen molar-refractivity contribution in [3.63, 3.8) is 0 Å². The zero-order valence-corrected chi connectivity index (χ0v) is 15.6. The van der Waals surface area contributed by atoms with Crippen LogP contribution in [0.5, 0.6) is 17.4 Å². The number of pyridine rings is 1. The molecule has 0 saturated carbocycles. The highest BCUT2D eigenvalue weighted by atomic mass is 35.5. The summed E-state index contributed by atoms with van der Waals surface area (Å²) >= 11 is 5.96. The monoisotopic (exact) mass is 394 g/mol. The lowest BCUT2D eigenvalue weighted by atomic mass is 10.2. The van der Waals surface area contributed by atoms with E-state index in [-0.39, 0.29) is 11.7 Å². The molecule has 0 aliphatic heterocycles. The van der Waals surface area contributed by atoms with Crippen LogP contribution in [0.1, 0.15) is 10.6 Å². The zero-order chi connectivity index (χ0) is 19.5. The third kappa shape index (κ3) is 3.92. The summed E-state index contributed by atoms with van der Waals surface area (Å²) in [5.74, 6) is 1.49. The Labute approximate surface area is 165 Å². The molecule has 0 spiro atoms. The number of nitrogens with one attached hydrogen (secondary N) is 1. The highest BCUT2D eigenvalue weighted by Crippen LogP contribution is 2.26. The van der Waals surface area contributed by atoms with E-state index in [0.29, 0.717) is 33.7 Å². The minimum absolute atomic E-state index is 0.189.